The fourth-order valence-corrected chi connectivity index (χ4v) is 4.81. The highest BCUT2D eigenvalue weighted by atomic mass is 16.5. The summed E-state index contributed by atoms with van der Waals surface area (Å²) in [6.45, 7) is 4.41. The molecule has 0 saturated carbocycles. The van der Waals surface area contributed by atoms with Crippen LogP contribution in [0.5, 0.6) is 11.5 Å². The molecule has 1 saturated heterocycles. The Bertz CT molecular complexity index is 1520. The molecule has 38 heavy (non-hydrogen) atoms. The van der Waals surface area contributed by atoms with E-state index in [1.807, 2.05) is 54.6 Å². The van der Waals surface area contributed by atoms with Gasteiger partial charge in [-0.3, -0.25) is 0 Å². The van der Waals surface area contributed by atoms with E-state index >= 15 is 0 Å². The summed E-state index contributed by atoms with van der Waals surface area (Å²) in [5.41, 5.74) is 4.33. The third-order valence-corrected chi connectivity index (χ3v) is 7.07. The SMILES string of the molecule is COc1ccc(-c2ccc(-c3nc(COc4ccc5cccc(N6CCN(C)CC6)c5c4)no3)cc2)cc1. The number of benzene rings is 4. The van der Waals surface area contributed by atoms with Crippen LogP contribution in [0.15, 0.2) is 89.5 Å². The van der Waals surface area contributed by atoms with Crippen LogP contribution in [0.1, 0.15) is 5.82 Å². The molecule has 0 unspecified atom stereocenters. The number of piperazine rings is 1. The molecule has 1 aromatic heterocycles. The van der Waals surface area contributed by atoms with Crippen LogP contribution < -0.4 is 14.4 Å². The second-order valence-corrected chi connectivity index (χ2v) is 9.56. The van der Waals surface area contributed by atoms with Crippen molar-refractivity contribution >= 4 is 16.5 Å². The second-order valence-electron chi connectivity index (χ2n) is 9.56. The Balaban J connectivity index is 1.14. The molecular weight excluding hydrogens is 476 g/mol. The molecule has 0 amide bonds. The molecule has 1 fully saturated rings. The zero-order chi connectivity index (χ0) is 25.9. The number of likely N-dealkylation sites (N-methyl/N-ethyl adjacent to an activating group) is 1. The van der Waals surface area contributed by atoms with Gasteiger partial charge in [0.25, 0.3) is 5.89 Å². The molecular formula is C31H30N4O3. The predicted molar refractivity (Wildman–Crippen MR) is 150 cm³/mol. The van der Waals surface area contributed by atoms with E-state index in [1.54, 1.807) is 7.11 Å². The van der Waals surface area contributed by atoms with Crippen molar-refractivity contribution in [2.24, 2.45) is 0 Å². The molecule has 4 aromatic carbocycles. The number of anilines is 1. The van der Waals surface area contributed by atoms with Crippen molar-refractivity contribution in [2.75, 3.05) is 45.2 Å². The van der Waals surface area contributed by atoms with Crippen LogP contribution in [0.2, 0.25) is 0 Å². The molecule has 0 spiro atoms. The zero-order valence-electron chi connectivity index (χ0n) is 21.6. The number of nitrogens with zero attached hydrogens (tertiary/aromatic N) is 4. The fourth-order valence-electron chi connectivity index (χ4n) is 4.81. The molecule has 2 heterocycles. The Morgan fingerprint density at radius 3 is 2.21 bits per heavy atom. The molecule has 6 rings (SSSR count). The maximum absolute atomic E-state index is 6.08. The first-order valence-corrected chi connectivity index (χ1v) is 12.8. The van der Waals surface area contributed by atoms with Crippen molar-refractivity contribution in [3.05, 3.63) is 90.8 Å². The molecule has 0 N–H and O–H groups in total. The van der Waals surface area contributed by atoms with Crippen LogP contribution in [0.4, 0.5) is 5.69 Å². The van der Waals surface area contributed by atoms with Gasteiger partial charge in [0.1, 0.15) is 11.5 Å². The van der Waals surface area contributed by atoms with Crippen molar-refractivity contribution < 1.29 is 14.0 Å². The van der Waals surface area contributed by atoms with E-state index in [0.717, 1.165) is 54.4 Å². The minimum atomic E-state index is 0.232. The monoisotopic (exact) mass is 506 g/mol. The summed E-state index contributed by atoms with van der Waals surface area (Å²) in [5, 5.41) is 6.53. The number of rotatable bonds is 7. The van der Waals surface area contributed by atoms with Crippen molar-refractivity contribution in [3.63, 3.8) is 0 Å². The zero-order valence-corrected chi connectivity index (χ0v) is 21.6. The molecule has 0 atom stereocenters. The van der Waals surface area contributed by atoms with Crippen LogP contribution in [0.3, 0.4) is 0 Å². The van der Waals surface area contributed by atoms with Gasteiger partial charge in [-0.1, -0.05) is 47.6 Å². The first kappa shape index (κ1) is 24.0. The molecule has 192 valence electrons. The fraction of sp³-hybridized carbons (Fsp3) is 0.226. The summed E-state index contributed by atoms with van der Waals surface area (Å²) in [7, 11) is 3.84. The Kier molecular flexibility index (Phi) is 6.67. The van der Waals surface area contributed by atoms with Crippen molar-refractivity contribution in [2.45, 2.75) is 6.61 Å². The van der Waals surface area contributed by atoms with E-state index in [2.05, 4.69) is 57.3 Å². The largest absolute Gasteiger partial charge is 0.497 e. The number of hydrogen-bond acceptors (Lipinski definition) is 7. The highest BCUT2D eigenvalue weighted by Crippen LogP contribution is 2.31. The van der Waals surface area contributed by atoms with Crippen molar-refractivity contribution in [1.82, 2.24) is 15.0 Å². The van der Waals surface area contributed by atoms with Crippen LogP contribution in [-0.4, -0.2) is 55.4 Å². The molecule has 0 aliphatic carbocycles. The number of ether oxygens (including phenoxy) is 2. The third kappa shape index (κ3) is 5.06. The first-order chi connectivity index (χ1) is 18.7. The minimum Gasteiger partial charge on any atom is -0.497 e. The van der Waals surface area contributed by atoms with Crippen LogP contribution in [-0.2, 0) is 6.61 Å². The predicted octanol–water partition coefficient (Wildman–Crippen LogP) is 5.90. The lowest BCUT2D eigenvalue weighted by Crippen LogP contribution is -2.44. The summed E-state index contributed by atoms with van der Waals surface area (Å²) in [6.07, 6.45) is 0. The first-order valence-electron chi connectivity index (χ1n) is 12.8. The lowest BCUT2D eigenvalue weighted by atomic mass is 10.0. The molecule has 1 aliphatic rings. The number of methoxy groups -OCH3 is 1. The van der Waals surface area contributed by atoms with E-state index in [4.69, 9.17) is 14.0 Å². The van der Waals surface area contributed by atoms with Gasteiger partial charge in [0, 0.05) is 42.8 Å². The average molecular weight is 507 g/mol. The van der Waals surface area contributed by atoms with E-state index in [-0.39, 0.29) is 6.61 Å². The number of fused-ring (bicyclic) bond motifs is 1. The lowest BCUT2D eigenvalue weighted by molar-refractivity contribution is 0.287. The Labute approximate surface area is 222 Å². The molecule has 0 radical (unpaired) electrons. The van der Waals surface area contributed by atoms with Gasteiger partial charge in [0.15, 0.2) is 6.61 Å². The average Bonchev–Trinajstić information content (AvgIpc) is 3.45. The van der Waals surface area contributed by atoms with Gasteiger partial charge in [-0.25, -0.2) is 0 Å². The van der Waals surface area contributed by atoms with Gasteiger partial charge in [0.2, 0.25) is 5.82 Å². The highest BCUT2D eigenvalue weighted by Gasteiger charge is 2.17. The quantitative estimate of drug-likeness (QED) is 0.272. The third-order valence-electron chi connectivity index (χ3n) is 7.07. The summed E-state index contributed by atoms with van der Waals surface area (Å²) in [6, 6.07) is 28.7. The Hall–Kier alpha value is -4.36. The maximum atomic E-state index is 6.08. The van der Waals surface area contributed by atoms with Crippen molar-refractivity contribution in [3.8, 4) is 34.1 Å². The maximum Gasteiger partial charge on any atom is 0.258 e. The van der Waals surface area contributed by atoms with Crippen LogP contribution in [0, 0.1) is 0 Å². The van der Waals surface area contributed by atoms with Crippen LogP contribution in [0.25, 0.3) is 33.4 Å². The Morgan fingerprint density at radius 1 is 0.789 bits per heavy atom. The van der Waals surface area contributed by atoms with Crippen molar-refractivity contribution in [1.29, 1.82) is 0 Å². The van der Waals surface area contributed by atoms with E-state index < -0.39 is 0 Å². The van der Waals surface area contributed by atoms with Gasteiger partial charge in [-0.05, 0) is 66.0 Å². The second kappa shape index (κ2) is 10.6. The molecule has 7 heteroatoms. The molecule has 0 bridgehead atoms. The van der Waals surface area contributed by atoms with Gasteiger partial charge >= 0.3 is 0 Å². The van der Waals surface area contributed by atoms with E-state index in [1.165, 1.54) is 16.5 Å². The normalized spacial score (nSPS) is 14.1. The van der Waals surface area contributed by atoms with Gasteiger partial charge in [-0.15, -0.1) is 0 Å². The smallest absolute Gasteiger partial charge is 0.258 e. The number of aromatic nitrogens is 2. The Morgan fingerprint density at radius 2 is 1.47 bits per heavy atom. The number of hydrogen-bond donors (Lipinski definition) is 0. The van der Waals surface area contributed by atoms with Gasteiger partial charge in [0.05, 0.1) is 7.11 Å². The van der Waals surface area contributed by atoms with Gasteiger partial charge < -0.3 is 23.8 Å². The topological polar surface area (TPSA) is 63.9 Å². The van der Waals surface area contributed by atoms with E-state index in [0.29, 0.717) is 11.7 Å². The van der Waals surface area contributed by atoms with Crippen LogP contribution >= 0.6 is 0 Å². The summed E-state index contributed by atoms with van der Waals surface area (Å²) < 4.78 is 16.9. The summed E-state index contributed by atoms with van der Waals surface area (Å²) in [5.74, 6) is 2.60. The molecule has 1 aliphatic heterocycles. The molecule has 5 aromatic rings. The standard InChI is InChI=1S/C31H30N4O3/c1-34-16-18-35(19-17-34)29-5-3-4-24-12-15-27(20-28(24)29)37-21-30-32-31(38-33-30)25-8-6-22(7-9-25)23-10-13-26(36-2)14-11-23/h3-15,20H,16-19,21H2,1-2H3. The summed E-state index contributed by atoms with van der Waals surface area (Å²) >= 11 is 0. The lowest BCUT2D eigenvalue weighted by Gasteiger charge is -2.34. The van der Waals surface area contributed by atoms with Gasteiger partial charge in [-0.2, -0.15) is 4.98 Å². The highest BCUT2D eigenvalue weighted by molar-refractivity contribution is 5.95. The minimum absolute atomic E-state index is 0.232. The van der Waals surface area contributed by atoms with E-state index in [9.17, 15) is 0 Å². The molecule has 7 nitrogen and oxygen atoms in total. The summed E-state index contributed by atoms with van der Waals surface area (Å²) in [4.78, 5) is 9.37.